The molecule has 0 spiro atoms. The fraction of sp³-hybridized carbons (Fsp3) is 0.346. The van der Waals surface area contributed by atoms with Crippen LogP contribution >= 0.6 is 24.0 Å². The minimum absolute atomic E-state index is 0.867. The zero-order valence-electron chi connectivity index (χ0n) is 18.5. The molecule has 0 heterocycles. The molecule has 0 radical (unpaired) electrons. The number of nitrogens with zero attached hydrogens (tertiary/aromatic N) is 1. The van der Waals surface area contributed by atoms with Gasteiger partial charge in [-0.1, -0.05) is 72.9 Å². The van der Waals surface area contributed by atoms with Gasteiger partial charge in [0.2, 0.25) is 0 Å². The van der Waals surface area contributed by atoms with Crippen LogP contribution in [0, 0.1) is 6.92 Å². The molecule has 2 N–H and O–H groups in total. The molecule has 0 bridgehead atoms. The molecule has 0 unspecified atom stereocenters. The molecule has 2 nitrogen and oxygen atoms in total. The van der Waals surface area contributed by atoms with Crippen molar-refractivity contribution in [1.82, 2.24) is 4.90 Å². The van der Waals surface area contributed by atoms with Gasteiger partial charge in [0.25, 0.3) is 0 Å². The van der Waals surface area contributed by atoms with Crippen molar-refractivity contribution in [2.24, 2.45) is 0 Å². The lowest BCUT2D eigenvalue weighted by atomic mass is 9.98. The van der Waals surface area contributed by atoms with Crippen molar-refractivity contribution >= 4 is 39.9 Å². The van der Waals surface area contributed by atoms with E-state index in [1.807, 2.05) is 0 Å². The Kier molecular flexibility index (Phi) is 9.67. The first-order valence-corrected chi connectivity index (χ1v) is 11.8. The van der Waals surface area contributed by atoms with E-state index in [1.54, 1.807) is 16.5 Å². The van der Waals surface area contributed by atoms with Crippen molar-refractivity contribution in [2.75, 3.05) is 19.3 Å². The summed E-state index contributed by atoms with van der Waals surface area (Å²) in [6, 6.07) is 6.22. The molecule has 0 saturated carbocycles. The number of thioether (sulfide) groups is 1. The van der Waals surface area contributed by atoms with Gasteiger partial charge in [0.05, 0.1) is 0 Å². The standard InChI is InChI=1S/C26H34N2S2/c1-19(2)10-7-6-8-15-28(5)21(4)25(30-18-29)17-22-13-14-23(16-22)24-12-9-11-20(3)26(24)27/h9,11-14,17-18H,1,4,6-8,10,15-16,27H2,2-3,5H3/b25-17+. The van der Waals surface area contributed by atoms with Crippen LogP contribution < -0.4 is 5.73 Å². The van der Waals surface area contributed by atoms with E-state index in [0.717, 1.165) is 53.2 Å². The number of hydrogen-bond donors (Lipinski definition) is 1. The smallest absolute Gasteiger partial charge is 0.0432 e. The lowest BCUT2D eigenvalue weighted by Crippen LogP contribution is -2.19. The van der Waals surface area contributed by atoms with Crippen LogP contribution in [0.25, 0.3) is 5.57 Å². The normalized spacial score (nSPS) is 13.6. The molecule has 1 aromatic rings. The molecule has 4 heteroatoms. The van der Waals surface area contributed by atoms with Crippen LogP contribution in [-0.4, -0.2) is 23.2 Å². The summed E-state index contributed by atoms with van der Waals surface area (Å²) < 4.78 is 1.71. The Morgan fingerprint density at radius 3 is 2.70 bits per heavy atom. The lowest BCUT2D eigenvalue weighted by molar-refractivity contribution is 0.411. The average Bonchev–Trinajstić information content (AvgIpc) is 3.16. The third kappa shape index (κ3) is 7.03. The molecule has 0 amide bonds. The van der Waals surface area contributed by atoms with Gasteiger partial charge < -0.3 is 10.6 Å². The second-order valence-corrected chi connectivity index (χ2v) is 9.45. The number of nitrogen functional groups attached to an aromatic ring is 1. The molecule has 0 aromatic heterocycles. The van der Waals surface area contributed by atoms with Crippen LogP contribution in [0.5, 0.6) is 0 Å². The Hall–Kier alpha value is -2.04. The summed E-state index contributed by atoms with van der Waals surface area (Å²) in [6.07, 6.45) is 12.1. The van der Waals surface area contributed by atoms with E-state index in [0.29, 0.717) is 0 Å². The number of allylic oxidation sites excluding steroid dienone is 6. The van der Waals surface area contributed by atoms with Crippen molar-refractivity contribution in [1.29, 1.82) is 0 Å². The SMILES string of the molecule is C=C(C)CCCCCN(C)C(=C)/C(=C\C1=CC=C(c2cccc(C)c2N)C1)SC=S. The van der Waals surface area contributed by atoms with Crippen LogP contribution in [-0.2, 0) is 0 Å². The van der Waals surface area contributed by atoms with Gasteiger partial charge >= 0.3 is 0 Å². The zero-order chi connectivity index (χ0) is 22.1. The Morgan fingerprint density at radius 2 is 2.00 bits per heavy atom. The number of rotatable bonds is 12. The highest BCUT2D eigenvalue weighted by Gasteiger charge is 2.15. The summed E-state index contributed by atoms with van der Waals surface area (Å²) in [5, 5.41) is 0. The molecule has 1 aliphatic carbocycles. The summed E-state index contributed by atoms with van der Waals surface area (Å²) in [5.74, 6) is 0. The van der Waals surface area contributed by atoms with Crippen molar-refractivity contribution in [3.63, 3.8) is 0 Å². The van der Waals surface area contributed by atoms with Crippen LogP contribution in [0.1, 0.15) is 50.2 Å². The fourth-order valence-corrected chi connectivity index (χ4v) is 4.40. The molecular weight excluding hydrogens is 404 g/mol. The van der Waals surface area contributed by atoms with Crippen LogP contribution in [0.15, 0.2) is 71.3 Å². The fourth-order valence-electron chi connectivity index (χ4n) is 3.47. The average molecular weight is 439 g/mol. The van der Waals surface area contributed by atoms with Gasteiger partial charge in [0.15, 0.2) is 0 Å². The highest BCUT2D eigenvalue weighted by atomic mass is 32.2. The first-order chi connectivity index (χ1) is 14.3. The van der Waals surface area contributed by atoms with Gasteiger partial charge in [-0.25, -0.2) is 0 Å². The van der Waals surface area contributed by atoms with E-state index in [4.69, 9.17) is 18.0 Å². The summed E-state index contributed by atoms with van der Waals surface area (Å²) in [5.41, 5.74) is 14.2. The Morgan fingerprint density at radius 1 is 1.23 bits per heavy atom. The number of anilines is 1. The maximum Gasteiger partial charge on any atom is 0.0432 e. The zero-order valence-corrected chi connectivity index (χ0v) is 20.2. The summed E-state index contributed by atoms with van der Waals surface area (Å²) in [4.78, 5) is 3.34. The van der Waals surface area contributed by atoms with Crippen LogP contribution in [0.2, 0.25) is 0 Å². The highest BCUT2D eigenvalue weighted by Crippen LogP contribution is 2.35. The number of para-hydroxylation sites is 1. The number of benzene rings is 1. The minimum atomic E-state index is 0.867. The molecule has 160 valence electrons. The number of aryl methyl sites for hydroxylation is 1. The Bertz CT molecular complexity index is 890. The monoisotopic (exact) mass is 438 g/mol. The maximum atomic E-state index is 6.30. The molecule has 0 atom stereocenters. The van der Waals surface area contributed by atoms with Crippen LogP contribution in [0.4, 0.5) is 5.69 Å². The van der Waals surface area contributed by atoms with Crippen molar-refractivity contribution in [3.05, 3.63) is 82.5 Å². The second-order valence-electron chi connectivity index (χ2n) is 8.01. The summed E-state index contributed by atoms with van der Waals surface area (Å²) >= 11 is 6.69. The lowest BCUT2D eigenvalue weighted by Gasteiger charge is -2.23. The van der Waals surface area contributed by atoms with Gasteiger partial charge in [0, 0.05) is 40.1 Å². The number of unbranched alkanes of at least 4 members (excludes halogenated alkanes) is 2. The number of hydrogen-bond acceptors (Lipinski definition) is 4. The van der Waals surface area contributed by atoms with Crippen molar-refractivity contribution in [2.45, 2.75) is 46.0 Å². The second kappa shape index (κ2) is 12.0. The third-order valence-electron chi connectivity index (χ3n) is 5.40. The molecule has 0 saturated heterocycles. The number of nitrogens with two attached hydrogens (primary N) is 1. The first kappa shape index (κ1) is 24.2. The molecule has 30 heavy (non-hydrogen) atoms. The molecular formula is C26H34N2S2. The molecule has 1 aliphatic rings. The Labute approximate surface area is 192 Å². The minimum Gasteiger partial charge on any atom is -0.398 e. The van der Waals surface area contributed by atoms with Gasteiger partial charge in [-0.05, 0) is 62.3 Å². The third-order valence-corrected chi connectivity index (χ3v) is 6.39. The van der Waals surface area contributed by atoms with E-state index >= 15 is 0 Å². The predicted molar refractivity (Wildman–Crippen MR) is 141 cm³/mol. The van der Waals surface area contributed by atoms with E-state index in [9.17, 15) is 0 Å². The van der Waals surface area contributed by atoms with E-state index in [1.165, 1.54) is 29.6 Å². The quantitative estimate of drug-likeness (QED) is 0.121. The van der Waals surface area contributed by atoms with Crippen LogP contribution in [0.3, 0.4) is 0 Å². The maximum absolute atomic E-state index is 6.30. The molecule has 2 rings (SSSR count). The Balaban J connectivity index is 1.98. The van der Waals surface area contributed by atoms with Gasteiger partial charge in [-0.3, -0.25) is 0 Å². The van der Waals surface area contributed by atoms with Crippen molar-refractivity contribution in [3.8, 4) is 0 Å². The van der Waals surface area contributed by atoms with Gasteiger partial charge in [-0.15, -0.1) is 6.58 Å². The summed E-state index contributed by atoms with van der Waals surface area (Å²) in [7, 11) is 2.11. The molecule has 1 aromatic carbocycles. The predicted octanol–water partition coefficient (Wildman–Crippen LogP) is 7.45. The van der Waals surface area contributed by atoms with E-state index < -0.39 is 0 Å². The number of thiocarbonyl (C=S) groups is 1. The number of likely N-dealkylation sites (N-methyl/N-ethyl adjacent to an activating group) is 1. The van der Waals surface area contributed by atoms with Gasteiger partial charge in [-0.2, -0.15) is 0 Å². The largest absolute Gasteiger partial charge is 0.398 e. The molecule has 0 fully saturated rings. The van der Waals surface area contributed by atoms with E-state index in [-0.39, 0.29) is 0 Å². The van der Waals surface area contributed by atoms with Gasteiger partial charge in [0.1, 0.15) is 0 Å². The molecule has 0 aliphatic heterocycles. The highest BCUT2D eigenvalue weighted by molar-refractivity contribution is 8.23. The van der Waals surface area contributed by atoms with Crippen molar-refractivity contribution < 1.29 is 0 Å². The first-order valence-electron chi connectivity index (χ1n) is 10.5. The topological polar surface area (TPSA) is 29.3 Å². The summed E-state index contributed by atoms with van der Waals surface area (Å²) in [6.45, 7) is 13.5. The van der Waals surface area contributed by atoms with E-state index in [2.05, 4.69) is 75.4 Å².